The fourth-order valence-corrected chi connectivity index (χ4v) is 1.47. The summed E-state index contributed by atoms with van der Waals surface area (Å²) in [5.74, 6) is -1.96. The van der Waals surface area contributed by atoms with Gasteiger partial charge in [0.1, 0.15) is 0 Å². The Morgan fingerprint density at radius 2 is 1.89 bits per heavy atom. The Labute approximate surface area is 105 Å². The molecular formula is C11H9F2NO5. The monoisotopic (exact) mass is 273 g/mol. The summed E-state index contributed by atoms with van der Waals surface area (Å²) in [5.41, 5.74) is 0.218. The molecule has 2 N–H and O–H groups in total. The lowest BCUT2D eigenvalue weighted by molar-refractivity contribution is -0.286. The van der Waals surface area contributed by atoms with Gasteiger partial charge in [-0.25, -0.2) is 0 Å². The standard InChI is InChI=1S/C11H9F2NO5/c12-11(13)18-7-2-1-6(5-8(7)19-11)14-9(15)3-4-10(16)17/h1-2,5H,3-4H2,(H,14,15)(H,16,17). The summed E-state index contributed by atoms with van der Waals surface area (Å²) >= 11 is 0. The number of nitrogens with one attached hydrogen (secondary N) is 1. The van der Waals surface area contributed by atoms with Crippen molar-refractivity contribution < 1.29 is 33.0 Å². The Kier molecular flexibility index (Phi) is 3.24. The van der Waals surface area contributed by atoms with Gasteiger partial charge >= 0.3 is 12.3 Å². The SMILES string of the molecule is O=C(O)CCC(=O)Nc1ccc2c(c1)OC(F)(F)O2. The minimum absolute atomic E-state index is 0.131. The van der Waals surface area contributed by atoms with Crippen molar-refractivity contribution in [2.75, 3.05) is 5.32 Å². The van der Waals surface area contributed by atoms with E-state index >= 15 is 0 Å². The van der Waals surface area contributed by atoms with Crippen LogP contribution in [0.3, 0.4) is 0 Å². The first kappa shape index (κ1) is 13.1. The maximum absolute atomic E-state index is 12.7. The number of rotatable bonds is 4. The largest absolute Gasteiger partial charge is 0.586 e. The quantitative estimate of drug-likeness (QED) is 0.873. The van der Waals surface area contributed by atoms with Crippen LogP contribution in [0.1, 0.15) is 12.8 Å². The summed E-state index contributed by atoms with van der Waals surface area (Å²) in [6.07, 6.45) is -4.23. The van der Waals surface area contributed by atoms with E-state index in [1.165, 1.54) is 18.2 Å². The molecule has 1 aromatic carbocycles. The molecule has 8 heteroatoms. The van der Waals surface area contributed by atoms with Gasteiger partial charge in [-0.2, -0.15) is 0 Å². The Balaban J connectivity index is 2.00. The molecule has 102 valence electrons. The maximum Gasteiger partial charge on any atom is 0.586 e. The van der Waals surface area contributed by atoms with Crippen molar-refractivity contribution in [2.24, 2.45) is 0 Å². The van der Waals surface area contributed by atoms with Crippen LogP contribution < -0.4 is 14.8 Å². The highest BCUT2D eigenvalue weighted by atomic mass is 19.3. The number of benzene rings is 1. The predicted octanol–water partition coefficient (Wildman–Crippen LogP) is 1.81. The lowest BCUT2D eigenvalue weighted by atomic mass is 10.2. The van der Waals surface area contributed by atoms with E-state index < -0.39 is 18.2 Å². The zero-order valence-corrected chi connectivity index (χ0v) is 9.48. The summed E-state index contributed by atoms with van der Waals surface area (Å²) in [7, 11) is 0. The van der Waals surface area contributed by atoms with E-state index in [2.05, 4.69) is 14.8 Å². The summed E-state index contributed by atoms with van der Waals surface area (Å²) in [6.45, 7) is 0. The van der Waals surface area contributed by atoms with Crippen molar-refractivity contribution in [1.82, 2.24) is 0 Å². The molecule has 1 aliphatic rings. The number of carboxylic acids is 1. The van der Waals surface area contributed by atoms with Crippen molar-refractivity contribution in [3.05, 3.63) is 18.2 Å². The van der Waals surface area contributed by atoms with E-state index in [-0.39, 0.29) is 30.0 Å². The Morgan fingerprint density at radius 3 is 2.58 bits per heavy atom. The van der Waals surface area contributed by atoms with E-state index in [0.29, 0.717) is 0 Å². The number of fused-ring (bicyclic) bond motifs is 1. The molecule has 1 aliphatic heterocycles. The van der Waals surface area contributed by atoms with Gasteiger partial charge < -0.3 is 19.9 Å². The molecule has 0 saturated carbocycles. The summed E-state index contributed by atoms with van der Waals surface area (Å²) in [6, 6.07) is 3.75. The Hall–Kier alpha value is -2.38. The summed E-state index contributed by atoms with van der Waals surface area (Å²) in [5, 5.41) is 10.8. The highest BCUT2D eigenvalue weighted by Gasteiger charge is 2.43. The molecule has 1 aromatic rings. The van der Waals surface area contributed by atoms with E-state index in [9.17, 15) is 18.4 Å². The number of carbonyl (C=O) groups excluding carboxylic acids is 1. The minimum atomic E-state index is -3.71. The number of carboxylic acid groups (broad SMARTS) is 1. The van der Waals surface area contributed by atoms with E-state index in [1.54, 1.807) is 0 Å². The van der Waals surface area contributed by atoms with Gasteiger partial charge in [0.2, 0.25) is 5.91 Å². The molecule has 6 nitrogen and oxygen atoms in total. The molecule has 0 bridgehead atoms. The summed E-state index contributed by atoms with van der Waals surface area (Å²) in [4.78, 5) is 21.6. The van der Waals surface area contributed by atoms with Crippen LogP contribution in [0.15, 0.2) is 18.2 Å². The van der Waals surface area contributed by atoms with Gasteiger partial charge in [-0.05, 0) is 12.1 Å². The van der Waals surface area contributed by atoms with Crippen molar-refractivity contribution in [3.8, 4) is 11.5 Å². The number of halogens is 2. The second-order valence-electron chi connectivity index (χ2n) is 3.77. The molecule has 1 heterocycles. The lowest BCUT2D eigenvalue weighted by Gasteiger charge is -2.05. The van der Waals surface area contributed by atoms with Crippen LogP contribution in [-0.2, 0) is 9.59 Å². The number of anilines is 1. The fraction of sp³-hybridized carbons (Fsp3) is 0.273. The third-order valence-electron chi connectivity index (χ3n) is 2.25. The minimum Gasteiger partial charge on any atom is -0.481 e. The number of hydrogen-bond acceptors (Lipinski definition) is 4. The van der Waals surface area contributed by atoms with Gasteiger partial charge in [-0.15, -0.1) is 8.78 Å². The number of carbonyl (C=O) groups is 2. The van der Waals surface area contributed by atoms with Crippen LogP contribution in [-0.4, -0.2) is 23.3 Å². The van der Waals surface area contributed by atoms with Crippen molar-refractivity contribution in [3.63, 3.8) is 0 Å². The van der Waals surface area contributed by atoms with Crippen LogP contribution >= 0.6 is 0 Å². The topological polar surface area (TPSA) is 84.9 Å². The molecule has 0 saturated heterocycles. The number of amides is 1. The second kappa shape index (κ2) is 4.71. The Bertz CT molecular complexity index is 532. The highest BCUT2D eigenvalue weighted by Crippen LogP contribution is 2.42. The van der Waals surface area contributed by atoms with Gasteiger partial charge in [-0.1, -0.05) is 0 Å². The van der Waals surface area contributed by atoms with Crippen LogP contribution in [0.4, 0.5) is 14.5 Å². The molecular weight excluding hydrogens is 264 g/mol. The second-order valence-corrected chi connectivity index (χ2v) is 3.77. The van der Waals surface area contributed by atoms with Crippen LogP contribution in [0.2, 0.25) is 0 Å². The van der Waals surface area contributed by atoms with Crippen LogP contribution in [0.25, 0.3) is 0 Å². The van der Waals surface area contributed by atoms with Gasteiger partial charge in [0.15, 0.2) is 11.5 Å². The maximum atomic E-state index is 12.7. The smallest absolute Gasteiger partial charge is 0.481 e. The zero-order chi connectivity index (χ0) is 14.0. The number of ether oxygens (including phenoxy) is 2. The fourth-order valence-electron chi connectivity index (χ4n) is 1.47. The highest BCUT2D eigenvalue weighted by molar-refractivity contribution is 5.92. The predicted molar refractivity (Wildman–Crippen MR) is 58.1 cm³/mol. The first-order valence-electron chi connectivity index (χ1n) is 5.27. The molecule has 0 spiro atoms. The van der Waals surface area contributed by atoms with Crippen molar-refractivity contribution >= 4 is 17.6 Å². The Morgan fingerprint density at radius 1 is 1.21 bits per heavy atom. The first-order chi connectivity index (χ1) is 8.85. The van der Waals surface area contributed by atoms with E-state index in [0.717, 1.165) is 0 Å². The molecule has 0 atom stereocenters. The molecule has 0 radical (unpaired) electrons. The van der Waals surface area contributed by atoms with E-state index in [4.69, 9.17) is 5.11 Å². The molecule has 0 aliphatic carbocycles. The van der Waals surface area contributed by atoms with Crippen molar-refractivity contribution in [1.29, 1.82) is 0 Å². The lowest BCUT2D eigenvalue weighted by Crippen LogP contribution is -2.25. The van der Waals surface area contributed by atoms with Crippen molar-refractivity contribution in [2.45, 2.75) is 19.1 Å². The molecule has 0 unspecified atom stereocenters. The van der Waals surface area contributed by atoms with Gasteiger partial charge in [0.05, 0.1) is 6.42 Å². The zero-order valence-electron chi connectivity index (χ0n) is 9.48. The van der Waals surface area contributed by atoms with Crippen LogP contribution in [0.5, 0.6) is 11.5 Å². The van der Waals surface area contributed by atoms with E-state index in [1.807, 2.05) is 0 Å². The summed E-state index contributed by atoms with van der Waals surface area (Å²) < 4.78 is 33.9. The van der Waals surface area contributed by atoms with Gasteiger partial charge in [0.25, 0.3) is 0 Å². The molecule has 0 fully saturated rings. The average molecular weight is 273 g/mol. The van der Waals surface area contributed by atoms with Gasteiger partial charge in [-0.3, -0.25) is 9.59 Å². The molecule has 0 aromatic heterocycles. The number of aliphatic carboxylic acids is 1. The number of hydrogen-bond donors (Lipinski definition) is 2. The first-order valence-corrected chi connectivity index (χ1v) is 5.27. The average Bonchev–Trinajstić information content (AvgIpc) is 2.59. The van der Waals surface area contributed by atoms with Gasteiger partial charge in [0, 0.05) is 18.2 Å². The third kappa shape index (κ3) is 3.30. The molecule has 19 heavy (non-hydrogen) atoms. The molecule has 1 amide bonds. The normalized spacial score (nSPS) is 15.1. The number of alkyl halides is 2. The molecule has 2 rings (SSSR count). The van der Waals surface area contributed by atoms with Crippen LogP contribution in [0, 0.1) is 0 Å². The third-order valence-corrected chi connectivity index (χ3v) is 2.25.